The fourth-order valence-corrected chi connectivity index (χ4v) is 1.63. The third-order valence-corrected chi connectivity index (χ3v) is 2.62. The number of carbonyl (C=O) groups excluding carboxylic acids is 2. The molecule has 1 amide bonds. The number of halogens is 1. The van der Waals surface area contributed by atoms with Crippen LogP contribution >= 0.6 is 0 Å². The van der Waals surface area contributed by atoms with E-state index < -0.39 is 17.7 Å². The molecule has 21 heavy (non-hydrogen) atoms. The Balaban J connectivity index is 2.12. The first-order valence-electron chi connectivity index (χ1n) is 6.30. The SMILES string of the molecule is CCOC(=O)c1ccnc(NC(=O)c2ccc(F)cc2)c1. The van der Waals surface area contributed by atoms with E-state index in [9.17, 15) is 14.0 Å². The highest BCUT2D eigenvalue weighted by molar-refractivity contribution is 6.04. The normalized spacial score (nSPS) is 10.0. The smallest absolute Gasteiger partial charge is 0.338 e. The van der Waals surface area contributed by atoms with E-state index in [0.29, 0.717) is 11.1 Å². The number of benzene rings is 1. The number of hydrogen-bond acceptors (Lipinski definition) is 4. The molecule has 1 aromatic carbocycles. The number of rotatable bonds is 4. The summed E-state index contributed by atoms with van der Waals surface area (Å²) in [5.41, 5.74) is 0.584. The molecule has 5 nitrogen and oxygen atoms in total. The molecule has 0 aliphatic heterocycles. The highest BCUT2D eigenvalue weighted by Gasteiger charge is 2.10. The molecule has 0 fully saturated rings. The molecule has 108 valence electrons. The predicted molar refractivity (Wildman–Crippen MR) is 74.5 cm³/mol. The van der Waals surface area contributed by atoms with Gasteiger partial charge in [0.25, 0.3) is 5.91 Å². The maximum atomic E-state index is 12.8. The van der Waals surface area contributed by atoms with E-state index in [4.69, 9.17) is 4.74 Å². The van der Waals surface area contributed by atoms with Gasteiger partial charge in [-0.25, -0.2) is 14.2 Å². The topological polar surface area (TPSA) is 68.3 Å². The van der Waals surface area contributed by atoms with E-state index in [-0.39, 0.29) is 12.4 Å². The van der Waals surface area contributed by atoms with Gasteiger partial charge in [-0.1, -0.05) is 0 Å². The molecule has 0 aliphatic carbocycles. The van der Waals surface area contributed by atoms with Crippen molar-refractivity contribution in [3.05, 3.63) is 59.5 Å². The van der Waals surface area contributed by atoms with Gasteiger partial charge in [-0.3, -0.25) is 4.79 Å². The molecule has 1 aromatic heterocycles. The molecule has 0 saturated carbocycles. The largest absolute Gasteiger partial charge is 0.462 e. The van der Waals surface area contributed by atoms with Crippen molar-refractivity contribution in [1.82, 2.24) is 4.98 Å². The number of anilines is 1. The first kappa shape index (κ1) is 14.6. The maximum absolute atomic E-state index is 12.8. The monoisotopic (exact) mass is 288 g/mol. The van der Waals surface area contributed by atoms with Gasteiger partial charge in [-0.05, 0) is 43.3 Å². The number of amides is 1. The van der Waals surface area contributed by atoms with Gasteiger partial charge in [-0.15, -0.1) is 0 Å². The molecule has 6 heteroatoms. The van der Waals surface area contributed by atoms with Crippen molar-refractivity contribution in [1.29, 1.82) is 0 Å². The highest BCUT2D eigenvalue weighted by atomic mass is 19.1. The van der Waals surface area contributed by atoms with Crippen LogP contribution in [0.5, 0.6) is 0 Å². The Morgan fingerprint density at radius 3 is 2.57 bits per heavy atom. The zero-order chi connectivity index (χ0) is 15.2. The van der Waals surface area contributed by atoms with Crippen LogP contribution in [-0.4, -0.2) is 23.5 Å². The van der Waals surface area contributed by atoms with E-state index in [1.54, 1.807) is 6.92 Å². The molecular weight excluding hydrogens is 275 g/mol. The Bertz CT molecular complexity index is 656. The van der Waals surface area contributed by atoms with Crippen LogP contribution in [0.15, 0.2) is 42.6 Å². The summed E-state index contributed by atoms with van der Waals surface area (Å²) in [6.45, 7) is 1.97. The molecule has 0 radical (unpaired) electrons. The van der Waals surface area contributed by atoms with Gasteiger partial charge in [0.15, 0.2) is 0 Å². The standard InChI is InChI=1S/C15H13FN2O3/c1-2-21-15(20)11-7-8-17-13(9-11)18-14(19)10-3-5-12(16)6-4-10/h3-9H,2H2,1H3,(H,17,18,19). The lowest BCUT2D eigenvalue weighted by Crippen LogP contribution is -2.14. The van der Waals surface area contributed by atoms with Gasteiger partial charge in [-0.2, -0.15) is 0 Å². The third kappa shape index (κ3) is 3.85. The first-order valence-corrected chi connectivity index (χ1v) is 6.30. The number of pyridine rings is 1. The first-order chi connectivity index (χ1) is 10.1. The van der Waals surface area contributed by atoms with Gasteiger partial charge in [0.1, 0.15) is 11.6 Å². The van der Waals surface area contributed by atoms with Crippen LogP contribution < -0.4 is 5.32 Å². The second-order valence-corrected chi connectivity index (χ2v) is 4.11. The molecule has 0 bridgehead atoms. The van der Waals surface area contributed by atoms with Crippen molar-refractivity contribution < 1.29 is 18.7 Å². The maximum Gasteiger partial charge on any atom is 0.338 e. The minimum atomic E-state index is -0.489. The van der Waals surface area contributed by atoms with E-state index >= 15 is 0 Å². The zero-order valence-electron chi connectivity index (χ0n) is 11.3. The lowest BCUT2D eigenvalue weighted by atomic mass is 10.2. The quantitative estimate of drug-likeness (QED) is 0.878. The Kier molecular flexibility index (Phi) is 4.61. The number of esters is 1. The van der Waals surface area contributed by atoms with Crippen molar-refractivity contribution in [2.45, 2.75) is 6.92 Å². The van der Waals surface area contributed by atoms with Gasteiger partial charge in [0.05, 0.1) is 12.2 Å². The molecule has 0 spiro atoms. The third-order valence-electron chi connectivity index (χ3n) is 2.62. The van der Waals surface area contributed by atoms with Gasteiger partial charge >= 0.3 is 5.97 Å². The van der Waals surface area contributed by atoms with Crippen LogP contribution in [0.3, 0.4) is 0 Å². The highest BCUT2D eigenvalue weighted by Crippen LogP contribution is 2.11. The second-order valence-electron chi connectivity index (χ2n) is 4.11. The van der Waals surface area contributed by atoms with Crippen LogP contribution in [0.1, 0.15) is 27.6 Å². The number of nitrogens with zero attached hydrogens (tertiary/aromatic N) is 1. The van der Waals surface area contributed by atoms with Crippen LogP contribution in [0.25, 0.3) is 0 Å². The fraction of sp³-hybridized carbons (Fsp3) is 0.133. The van der Waals surface area contributed by atoms with Crippen molar-refractivity contribution in [3.63, 3.8) is 0 Å². The van der Waals surface area contributed by atoms with Crippen LogP contribution in [0.2, 0.25) is 0 Å². The molecule has 0 aliphatic rings. The van der Waals surface area contributed by atoms with Gasteiger partial charge < -0.3 is 10.1 Å². The molecular formula is C15H13FN2O3. The molecule has 0 atom stereocenters. The Labute approximate surface area is 120 Å². The number of carbonyl (C=O) groups is 2. The van der Waals surface area contributed by atoms with Crippen molar-refractivity contribution in [2.75, 3.05) is 11.9 Å². The predicted octanol–water partition coefficient (Wildman–Crippen LogP) is 2.65. The van der Waals surface area contributed by atoms with Gasteiger partial charge in [0.2, 0.25) is 0 Å². The van der Waals surface area contributed by atoms with Gasteiger partial charge in [0, 0.05) is 11.8 Å². The van der Waals surface area contributed by atoms with Crippen molar-refractivity contribution >= 4 is 17.7 Å². The molecule has 2 aromatic rings. The Hall–Kier alpha value is -2.76. The summed E-state index contributed by atoms with van der Waals surface area (Å²) >= 11 is 0. The summed E-state index contributed by atoms with van der Waals surface area (Å²) in [6, 6.07) is 8.01. The molecule has 1 N–H and O–H groups in total. The molecule has 1 heterocycles. The lowest BCUT2D eigenvalue weighted by molar-refractivity contribution is 0.0526. The fourth-order valence-electron chi connectivity index (χ4n) is 1.63. The molecule has 2 rings (SSSR count). The average molecular weight is 288 g/mol. The summed E-state index contributed by atoms with van der Waals surface area (Å²) in [6.07, 6.45) is 1.40. The number of aromatic nitrogens is 1. The summed E-state index contributed by atoms with van der Waals surface area (Å²) in [5, 5.41) is 2.53. The van der Waals surface area contributed by atoms with E-state index in [1.165, 1.54) is 42.6 Å². The summed E-state index contributed by atoms with van der Waals surface area (Å²) in [5.74, 6) is -1.13. The van der Waals surface area contributed by atoms with E-state index in [1.807, 2.05) is 0 Å². The second kappa shape index (κ2) is 6.60. The van der Waals surface area contributed by atoms with Crippen molar-refractivity contribution in [2.24, 2.45) is 0 Å². The number of ether oxygens (including phenoxy) is 1. The lowest BCUT2D eigenvalue weighted by Gasteiger charge is -2.06. The molecule has 0 unspecified atom stereocenters. The van der Waals surface area contributed by atoms with Crippen LogP contribution in [0, 0.1) is 5.82 Å². The van der Waals surface area contributed by atoms with E-state index in [2.05, 4.69) is 10.3 Å². The molecule has 0 saturated heterocycles. The minimum absolute atomic E-state index is 0.217. The van der Waals surface area contributed by atoms with E-state index in [0.717, 1.165) is 0 Å². The van der Waals surface area contributed by atoms with Crippen LogP contribution in [-0.2, 0) is 4.74 Å². The summed E-state index contributed by atoms with van der Waals surface area (Å²) in [7, 11) is 0. The minimum Gasteiger partial charge on any atom is -0.462 e. The summed E-state index contributed by atoms with van der Waals surface area (Å²) < 4.78 is 17.7. The Morgan fingerprint density at radius 1 is 1.19 bits per heavy atom. The van der Waals surface area contributed by atoms with Crippen molar-refractivity contribution in [3.8, 4) is 0 Å². The Morgan fingerprint density at radius 2 is 1.90 bits per heavy atom. The van der Waals surface area contributed by atoms with Crippen LogP contribution in [0.4, 0.5) is 10.2 Å². The zero-order valence-corrected chi connectivity index (χ0v) is 11.3. The number of nitrogens with one attached hydrogen (secondary N) is 1. The average Bonchev–Trinajstić information content (AvgIpc) is 2.48. The summed E-state index contributed by atoms with van der Waals surface area (Å²) in [4.78, 5) is 27.5. The number of hydrogen-bond donors (Lipinski definition) is 1.